The summed E-state index contributed by atoms with van der Waals surface area (Å²) in [5.41, 5.74) is 0. The van der Waals surface area contributed by atoms with Crippen molar-refractivity contribution in [3.05, 3.63) is 24.1 Å². The average molecular weight is 238 g/mol. The van der Waals surface area contributed by atoms with Gasteiger partial charge in [-0.25, -0.2) is 4.98 Å². The minimum atomic E-state index is -0.747. The molecule has 92 valence electrons. The number of carboxylic acid groups (broad SMARTS) is 1. The molecule has 1 heterocycles. The molecule has 0 bridgehead atoms. The third-order valence-corrected chi connectivity index (χ3v) is 3.09. The Morgan fingerprint density at radius 3 is 3.00 bits per heavy atom. The molecule has 0 aromatic carbocycles. The lowest BCUT2D eigenvalue weighted by Gasteiger charge is -2.27. The maximum Gasteiger partial charge on any atom is 0.306 e. The van der Waals surface area contributed by atoms with Crippen molar-refractivity contribution < 1.29 is 14.3 Å². The third kappa shape index (κ3) is 3.15. The molecule has 0 spiro atoms. The Kier molecular flexibility index (Phi) is 3.56. The van der Waals surface area contributed by atoms with Crippen LogP contribution in [0, 0.1) is 11.9 Å². The average Bonchev–Trinajstić information content (AvgIpc) is 2.29. The Morgan fingerprint density at radius 2 is 2.29 bits per heavy atom. The zero-order chi connectivity index (χ0) is 12.3. The number of carbonyl (C=O) groups is 1. The van der Waals surface area contributed by atoms with Gasteiger partial charge in [0.05, 0.1) is 5.92 Å². The number of halogens is 1. The first-order valence-corrected chi connectivity index (χ1v) is 5.77. The van der Waals surface area contributed by atoms with Crippen LogP contribution in [0.5, 0.6) is 0 Å². The van der Waals surface area contributed by atoms with Gasteiger partial charge in [-0.2, -0.15) is 4.39 Å². The van der Waals surface area contributed by atoms with Crippen molar-refractivity contribution >= 4 is 11.8 Å². The lowest BCUT2D eigenvalue weighted by atomic mass is 9.86. The highest BCUT2D eigenvalue weighted by molar-refractivity contribution is 5.70. The van der Waals surface area contributed by atoms with Gasteiger partial charge in [0.15, 0.2) is 0 Å². The predicted molar refractivity (Wildman–Crippen MR) is 61.2 cm³/mol. The number of anilines is 1. The Labute approximate surface area is 98.9 Å². The molecule has 1 saturated carbocycles. The smallest absolute Gasteiger partial charge is 0.306 e. The van der Waals surface area contributed by atoms with Crippen LogP contribution in [0.2, 0.25) is 0 Å². The number of nitrogens with one attached hydrogen (secondary N) is 1. The van der Waals surface area contributed by atoms with E-state index in [1.54, 1.807) is 12.1 Å². The van der Waals surface area contributed by atoms with E-state index in [0.717, 1.165) is 19.3 Å². The van der Waals surface area contributed by atoms with E-state index < -0.39 is 11.9 Å². The predicted octanol–water partition coefficient (Wildman–Crippen LogP) is 2.28. The van der Waals surface area contributed by atoms with E-state index in [9.17, 15) is 9.18 Å². The molecule has 2 N–H and O–H groups in total. The number of aliphatic carboxylic acids is 1. The third-order valence-electron chi connectivity index (χ3n) is 3.09. The van der Waals surface area contributed by atoms with Gasteiger partial charge in [0.2, 0.25) is 5.95 Å². The quantitative estimate of drug-likeness (QED) is 0.793. The second-order valence-electron chi connectivity index (χ2n) is 4.39. The Hall–Kier alpha value is -1.65. The molecule has 1 aromatic heterocycles. The van der Waals surface area contributed by atoms with Crippen LogP contribution in [0.15, 0.2) is 18.2 Å². The van der Waals surface area contributed by atoms with Crippen LogP contribution in [0.3, 0.4) is 0 Å². The maximum atomic E-state index is 12.9. The van der Waals surface area contributed by atoms with Gasteiger partial charge in [0, 0.05) is 6.04 Å². The molecule has 1 aliphatic carbocycles. The SMILES string of the molecule is O=C(O)C1CCCC(Nc2cccc(F)n2)C1. The Morgan fingerprint density at radius 1 is 1.47 bits per heavy atom. The fourth-order valence-electron chi connectivity index (χ4n) is 2.24. The van der Waals surface area contributed by atoms with Crippen molar-refractivity contribution in [2.45, 2.75) is 31.7 Å². The van der Waals surface area contributed by atoms with E-state index in [1.165, 1.54) is 6.07 Å². The summed E-state index contributed by atoms with van der Waals surface area (Å²) in [6, 6.07) is 4.63. The molecule has 2 atom stereocenters. The summed E-state index contributed by atoms with van der Waals surface area (Å²) in [4.78, 5) is 14.6. The van der Waals surface area contributed by atoms with Crippen molar-refractivity contribution in [2.75, 3.05) is 5.32 Å². The van der Waals surface area contributed by atoms with E-state index in [4.69, 9.17) is 5.11 Å². The highest BCUT2D eigenvalue weighted by atomic mass is 19.1. The van der Waals surface area contributed by atoms with Crippen LogP contribution < -0.4 is 5.32 Å². The molecule has 0 aliphatic heterocycles. The minimum absolute atomic E-state index is 0.0687. The van der Waals surface area contributed by atoms with Gasteiger partial charge in [0.25, 0.3) is 0 Å². The van der Waals surface area contributed by atoms with E-state index in [-0.39, 0.29) is 12.0 Å². The molecule has 0 saturated heterocycles. The van der Waals surface area contributed by atoms with Crippen molar-refractivity contribution in [3.8, 4) is 0 Å². The van der Waals surface area contributed by atoms with Gasteiger partial charge >= 0.3 is 5.97 Å². The van der Waals surface area contributed by atoms with Gasteiger partial charge in [-0.3, -0.25) is 4.79 Å². The van der Waals surface area contributed by atoms with Crippen LogP contribution >= 0.6 is 0 Å². The molecule has 4 nitrogen and oxygen atoms in total. The minimum Gasteiger partial charge on any atom is -0.481 e. The molecule has 0 radical (unpaired) electrons. The first kappa shape index (κ1) is 11.8. The van der Waals surface area contributed by atoms with Crippen molar-refractivity contribution in [3.63, 3.8) is 0 Å². The monoisotopic (exact) mass is 238 g/mol. The van der Waals surface area contributed by atoms with E-state index in [0.29, 0.717) is 12.2 Å². The van der Waals surface area contributed by atoms with E-state index >= 15 is 0 Å². The van der Waals surface area contributed by atoms with Crippen molar-refractivity contribution in [1.29, 1.82) is 0 Å². The summed E-state index contributed by atoms with van der Waals surface area (Å²) in [6.07, 6.45) is 3.09. The molecule has 1 aliphatic rings. The molecule has 0 amide bonds. The summed E-state index contributed by atoms with van der Waals surface area (Å²) < 4.78 is 12.9. The first-order valence-electron chi connectivity index (χ1n) is 5.77. The molecule has 5 heteroatoms. The van der Waals surface area contributed by atoms with Crippen LogP contribution in [0.25, 0.3) is 0 Å². The number of nitrogens with zero attached hydrogens (tertiary/aromatic N) is 1. The fourth-order valence-corrected chi connectivity index (χ4v) is 2.24. The highest BCUT2D eigenvalue weighted by Gasteiger charge is 2.26. The second kappa shape index (κ2) is 5.12. The number of pyridine rings is 1. The Bertz CT molecular complexity index is 411. The van der Waals surface area contributed by atoms with Crippen molar-refractivity contribution in [1.82, 2.24) is 4.98 Å². The number of aromatic nitrogens is 1. The van der Waals surface area contributed by atoms with Gasteiger partial charge in [0.1, 0.15) is 5.82 Å². The number of rotatable bonds is 3. The standard InChI is InChI=1S/C12H15FN2O2/c13-10-5-2-6-11(15-10)14-9-4-1-3-8(7-9)12(16)17/h2,5-6,8-9H,1,3-4,7H2,(H,14,15)(H,16,17). The normalized spacial score (nSPS) is 24.3. The van der Waals surface area contributed by atoms with E-state index in [1.807, 2.05) is 0 Å². The molecule has 2 unspecified atom stereocenters. The zero-order valence-corrected chi connectivity index (χ0v) is 9.40. The lowest BCUT2D eigenvalue weighted by Crippen LogP contribution is -2.31. The molecule has 17 heavy (non-hydrogen) atoms. The summed E-state index contributed by atoms with van der Waals surface area (Å²) in [5, 5.41) is 12.1. The van der Waals surface area contributed by atoms with Crippen LogP contribution in [0.1, 0.15) is 25.7 Å². The van der Waals surface area contributed by atoms with E-state index in [2.05, 4.69) is 10.3 Å². The van der Waals surface area contributed by atoms with Crippen LogP contribution in [0.4, 0.5) is 10.2 Å². The summed E-state index contributed by atoms with van der Waals surface area (Å²) in [6.45, 7) is 0. The number of hydrogen-bond acceptors (Lipinski definition) is 3. The number of carboxylic acids is 1. The molecule has 1 fully saturated rings. The largest absolute Gasteiger partial charge is 0.481 e. The second-order valence-corrected chi connectivity index (χ2v) is 4.39. The summed E-state index contributed by atoms with van der Waals surface area (Å²) >= 11 is 0. The van der Waals surface area contributed by atoms with Gasteiger partial charge in [-0.05, 0) is 31.4 Å². The van der Waals surface area contributed by atoms with Gasteiger partial charge < -0.3 is 10.4 Å². The molecular weight excluding hydrogens is 223 g/mol. The molecule has 2 rings (SSSR count). The highest BCUT2D eigenvalue weighted by Crippen LogP contribution is 2.26. The van der Waals surface area contributed by atoms with Crippen LogP contribution in [-0.2, 0) is 4.79 Å². The molecule has 1 aromatic rings. The zero-order valence-electron chi connectivity index (χ0n) is 9.40. The van der Waals surface area contributed by atoms with Crippen LogP contribution in [-0.4, -0.2) is 22.1 Å². The first-order chi connectivity index (χ1) is 8.15. The van der Waals surface area contributed by atoms with Gasteiger partial charge in [-0.1, -0.05) is 12.5 Å². The fraction of sp³-hybridized carbons (Fsp3) is 0.500. The van der Waals surface area contributed by atoms with Crippen molar-refractivity contribution in [2.24, 2.45) is 5.92 Å². The number of hydrogen-bond donors (Lipinski definition) is 2. The van der Waals surface area contributed by atoms with Gasteiger partial charge in [-0.15, -0.1) is 0 Å². The Balaban J connectivity index is 1.97. The summed E-state index contributed by atoms with van der Waals surface area (Å²) in [7, 11) is 0. The topological polar surface area (TPSA) is 62.2 Å². The molecular formula is C12H15FN2O2. The lowest BCUT2D eigenvalue weighted by molar-refractivity contribution is -0.142. The maximum absolute atomic E-state index is 12.9. The summed E-state index contributed by atoms with van der Waals surface area (Å²) in [5.74, 6) is -1.10.